The van der Waals surface area contributed by atoms with E-state index in [1.165, 1.54) is 19.4 Å². The molecular formula is C8H17N2+. The predicted octanol–water partition coefficient (Wildman–Crippen LogP) is 0.773. The van der Waals surface area contributed by atoms with Gasteiger partial charge < -0.3 is 0 Å². The van der Waals surface area contributed by atoms with Crippen molar-refractivity contribution in [1.82, 2.24) is 4.90 Å². The third-order valence-corrected chi connectivity index (χ3v) is 1.87. The smallest absolute Gasteiger partial charge is 0.199 e. The van der Waals surface area contributed by atoms with E-state index in [-0.39, 0.29) is 0 Å². The summed E-state index contributed by atoms with van der Waals surface area (Å²) in [5, 5.41) is 0. The monoisotopic (exact) mass is 141 g/mol. The Bertz CT molecular complexity index is 129. The first kappa shape index (κ1) is 7.73. The summed E-state index contributed by atoms with van der Waals surface area (Å²) in [7, 11) is 2.16. The second-order valence-corrected chi connectivity index (χ2v) is 3.03. The van der Waals surface area contributed by atoms with E-state index in [1.807, 2.05) is 0 Å². The fourth-order valence-corrected chi connectivity index (χ4v) is 1.20. The molecule has 0 amide bonds. The molecular weight excluding hydrogens is 124 g/mol. The first-order chi connectivity index (χ1) is 4.83. The van der Waals surface area contributed by atoms with Crippen molar-refractivity contribution >= 4 is 6.21 Å². The number of hydrogen-bond donors (Lipinski definition) is 0. The van der Waals surface area contributed by atoms with Gasteiger partial charge >= 0.3 is 0 Å². The lowest BCUT2D eigenvalue weighted by atomic mass is 10.3. The van der Waals surface area contributed by atoms with Gasteiger partial charge in [0.15, 0.2) is 12.9 Å². The van der Waals surface area contributed by atoms with Gasteiger partial charge in [-0.25, -0.2) is 9.48 Å². The highest BCUT2D eigenvalue weighted by Gasteiger charge is 2.14. The van der Waals surface area contributed by atoms with E-state index in [2.05, 4.69) is 29.7 Å². The van der Waals surface area contributed by atoms with Crippen LogP contribution in [0.15, 0.2) is 0 Å². The van der Waals surface area contributed by atoms with Crippen LogP contribution in [0, 0.1) is 0 Å². The third-order valence-electron chi connectivity index (χ3n) is 1.87. The van der Waals surface area contributed by atoms with Crippen LogP contribution in [-0.4, -0.2) is 42.5 Å². The maximum atomic E-state index is 2.39. The Morgan fingerprint density at radius 2 is 2.40 bits per heavy atom. The van der Waals surface area contributed by atoms with Crippen molar-refractivity contribution in [2.45, 2.75) is 19.8 Å². The molecule has 1 aliphatic heterocycles. The molecule has 1 aliphatic rings. The largest absolute Gasteiger partial charge is 0.242 e. The Hall–Kier alpha value is -0.370. The Morgan fingerprint density at radius 1 is 1.60 bits per heavy atom. The average molecular weight is 141 g/mol. The van der Waals surface area contributed by atoms with E-state index < -0.39 is 0 Å². The maximum Gasteiger partial charge on any atom is 0.199 e. The van der Waals surface area contributed by atoms with Crippen LogP contribution in [0.25, 0.3) is 0 Å². The SMILES string of the molecule is CCCC[N+]1=CCN(C)C1. The summed E-state index contributed by atoms with van der Waals surface area (Å²) < 4.78 is 2.39. The van der Waals surface area contributed by atoms with E-state index >= 15 is 0 Å². The van der Waals surface area contributed by atoms with Gasteiger partial charge in [-0.1, -0.05) is 13.3 Å². The lowest BCUT2D eigenvalue weighted by molar-refractivity contribution is -0.531. The van der Waals surface area contributed by atoms with E-state index in [9.17, 15) is 0 Å². The summed E-state index contributed by atoms with van der Waals surface area (Å²) in [6, 6.07) is 0. The van der Waals surface area contributed by atoms with Crippen LogP contribution in [0.3, 0.4) is 0 Å². The molecule has 0 bridgehead atoms. The normalized spacial score (nSPS) is 19.6. The van der Waals surface area contributed by atoms with E-state index in [0.717, 1.165) is 13.2 Å². The van der Waals surface area contributed by atoms with Gasteiger partial charge in [0, 0.05) is 6.42 Å². The lowest BCUT2D eigenvalue weighted by Gasteiger charge is -2.01. The van der Waals surface area contributed by atoms with Gasteiger partial charge in [-0.15, -0.1) is 0 Å². The van der Waals surface area contributed by atoms with Crippen molar-refractivity contribution in [3.05, 3.63) is 0 Å². The lowest BCUT2D eigenvalue weighted by Crippen LogP contribution is -2.20. The molecule has 0 atom stereocenters. The van der Waals surface area contributed by atoms with Crippen LogP contribution >= 0.6 is 0 Å². The molecule has 0 aromatic heterocycles. The minimum atomic E-state index is 1.12. The van der Waals surface area contributed by atoms with Crippen molar-refractivity contribution < 1.29 is 4.58 Å². The fraction of sp³-hybridized carbons (Fsp3) is 0.875. The van der Waals surface area contributed by atoms with Gasteiger partial charge in [0.25, 0.3) is 0 Å². The zero-order chi connectivity index (χ0) is 7.40. The van der Waals surface area contributed by atoms with Gasteiger partial charge in [0.2, 0.25) is 0 Å². The summed E-state index contributed by atoms with van der Waals surface area (Å²) in [6.45, 7) is 5.73. The first-order valence-corrected chi connectivity index (χ1v) is 4.09. The van der Waals surface area contributed by atoms with Crippen molar-refractivity contribution in [2.75, 3.05) is 26.8 Å². The Balaban J connectivity index is 2.17. The highest BCUT2D eigenvalue weighted by molar-refractivity contribution is 5.54. The molecule has 0 radical (unpaired) electrons. The molecule has 0 saturated heterocycles. The van der Waals surface area contributed by atoms with Crippen molar-refractivity contribution in [3.8, 4) is 0 Å². The minimum absolute atomic E-state index is 1.12. The standard InChI is InChI=1S/C8H17N2/c1-3-4-5-10-7-6-9(2)8-10/h7H,3-6,8H2,1-2H3/q+1. The third kappa shape index (κ3) is 2.10. The fourth-order valence-electron chi connectivity index (χ4n) is 1.20. The van der Waals surface area contributed by atoms with E-state index in [1.54, 1.807) is 0 Å². The predicted molar refractivity (Wildman–Crippen MR) is 43.6 cm³/mol. The average Bonchev–Trinajstić information content (AvgIpc) is 2.31. The highest BCUT2D eigenvalue weighted by atomic mass is 15.3. The van der Waals surface area contributed by atoms with Crippen molar-refractivity contribution in [1.29, 1.82) is 0 Å². The zero-order valence-corrected chi connectivity index (χ0v) is 7.01. The minimum Gasteiger partial charge on any atom is -0.242 e. The summed E-state index contributed by atoms with van der Waals surface area (Å²) in [5.74, 6) is 0. The number of unbranched alkanes of at least 4 members (excludes halogenated alkanes) is 1. The van der Waals surface area contributed by atoms with Crippen LogP contribution in [-0.2, 0) is 0 Å². The first-order valence-electron chi connectivity index (χ1n) is 4.09. The number of nitrogens with zero attached hydrogens (tertiary/aromatic N) is 2. The molecule has 1 heterocycles. The molecule has 58 valence electrons. The Labute approximate surface area is 63.2 Å². The number of hydrogen-bond acceptors (Lipinski definition) is 1. The van der Waals surface area contributed by atoms with Crippen LogP contribution in [0.4, 0.5) is 0 Å². The summed E-state index contributed by atoms with van der Waals surface area (Å²) >= 11 is 0. The van der Waals surface area contributed by atoms with E-state index in [4.69, 9.17) is 0 Å². The molecule has 2 heteroatoms. The molecule has 2 nitrogen and oxygen atoms in total. The second kappa shape index (κ2) is 3.71. The molecule has 0 fully saturated rings. The molecule has 0 spiro atoms. The van der Waals surface area contributed by atoms with E-state index in [0.29, 0.717) is 0 Å². The van der Waals surface area contributed by atoms with Crippen LogP contribution < -0.4 is 0 Å². The molecule has 10 heavy (non-hydrogen) atoms. The summed E-state index contributed by atoms with van der Waals surface area (Å²) in [4.78, 5) is 2.32. The van der Waals surface area contributed by atoms with Gasteiger partial charge in [-0.3, -0.25) is 0 Å². The summed E-state index contributed by atoms with van der Waals surface area (Å²) in [5.41, 5.74) is 0. The van der Waals surface area contributed by atoms with Gasteiger partial charge in [-0.05, 0) is 7.05 Å². The Morgan fingerprint density at radius 3 is 2.90 bits per heavy atom. The van der Waals surface area contributed by atoms with Crippen molar-refractivity contribution in [3.63, 3.8) is 0 Å². The molecule has 0 unspecified atom stereocenters. The topological polar surface area (TPSA) is 6.25 Å². The molecule has 0 N–H and O–H groups in total. The van der Waals surface area contributed by atoms with Crippen LogP contribution in [0.5, 0.6) is 0 Å². The van der Waals surface area contributed by atoms with Gasteiger partial charge in [0.1, 0.15) is 6.54 Å². The zero-order valence-electron chi connectivity index (χ0n) is 7.01. The molecule has 0 aromatic carbocycles. The van der Waals surface area contributed by atoms with Gasteiger partial charge in [-0.2, -0.15) is 0 Å². The molecule has 0 saturated carbocycles. The molecule has 1 rings (SSSR count). The quantitative estimate of drug-likeness (QED) is 0.526. The van der Waals surface area contributed by atoms with Crippen LogP contribution in [0.2, 0.25) is 0 Å². The summed E-state index contributed by atoms with van der Waals surface area (Å²) in [6.07, 6.45) is 4.91. The highest BCUT2D eigenvalue weighted by Crippen LogP contribution is 1.94. The molecule has 0 aromatic rings. The van der Waals surface area contributed by atoms with Crippen LogP contribution in [0.1, 0.15) is 19.8 Å². The molecule has 0 aliphatic carbocycles. The second-order valence-electron chi connectivity index (χ2n) is 3.03. The maximum absolute atomic E-state index is 2.39. The Kier molecular flexibility index (Phi) is 2.87. The van der Waals surface area contributed by atoms with Crippen molar-refractivity contribution in [2.24, 2.45) is 0 Å². The number of rotatable bonds is 3. The van der Waals surface area contributed by atoms with Gasteiger partial charge in [0.05, 0.1) is 6.54 Å².